The van der Waals surface area contributed by atoms with Gasteiger partial charge in [0.1, 0.15) is 0 Å². The van der Waals surface area contributed by atoms with Crippen molar-refractivity contribution in [1.29, 1.82) is 0 Å². The van der Waals surface area contributed by atoms with E-state index in [2.05, 4.69) is 11.8 Å². The van der Waals surface area contributed by atoms with Crippen LogP contribution >= 0.6 is 0 Å². The molecule has 1 heterocycles. The summed E-state index contributed by atoms with van der Waals surface area (Å²) in [4.78, 5) is 14.5. The standard InChI is InChI=1S/C16H22N2O/c1-11(13-3-5-14(17)6-4-13)8-16(19)18-10-12-2-7-15(18)9-12/h3-6,11-12,15H,2,7-10,17H2,1H3. The molecule has 3 unspecified atom stereocenters. The Balaban J connectivity index is 1.61. The van der Waals surface area contributed by atoms with E-state index >= 15 is 0 Å². The van der Waals surface area contributed by atoms with Crippen molar-refractivity contribution in [3.8, 4) is 0 Å². The molecule has 2 N–H and O–H groups in total. The molecule has 3 rings (SSSR count). The maximum Gasteiger partial charge on any atom is 0.223 e. The minimum absolute atomic E-state index is 0.271. The van der Waals surface area contributed by atoms with Gasteiger partial charge in [0.15, 0.2) is 0 Å². The quantitative estimate of drug-likeness (QED) is 0.847. The molecule has 3 nitrogen and oxygen atoms in total. The SMILES string of the molecule is CC(CC(=O)N1CC2CCC1C2)c1ccc(N)cc1. The van der Waals surface area contributed by atoms with Gasteiger partial charge >= 0.3 is 0 Å². The Hall–Kier alpha value is -1.51. The minimum atomic E-state index is 0.271. The highest BCUT2D eigenvalue weighted by atomic mass is 16.2. The molecule has 1 aromatic rings. The number of hydrogen-bond acceptors (Lipinski definition) is 2. The van der Waals surface area contributed by atoms with Gasteiger partial charge in [-0.15, -0.1) is 0 Å². The molecule has 1 saturated carbocycles. The number of anilines is 1. The average molecular weight is 258 g/mol. The molecule has 3 heteroatoms. The lowest BCUT2D eigenvalue weighted by Crippen LogP contribution is -2.38. The number of piperidine rings is 1. The minimum Gasteiger partial charge on any atom is -0.399 e. The molecule has 0 aromatic heterocycles. The number of fused-ring (bicyclic) bond motifs is 2. The smallest absolute Gasteiger partial charge is 0.223 e. The molecule has 0 spiro atoms. The van der Waals surface area contributed by atoms with Gasteiger partial charge in [0, 0.05) is 24.7 Å². The zero-order chi connectivity index (χ0) is 13.4. The summed E-state index contributed by atoms with van der Waals surface area (Å²) >= 11 is 0. The molecule has 0 radical (unpaired) electrons. The van der Waals surface area contributed by atoms with Crippen LogP contribution in [0.25, 0.3) is 0 Å². The van der Waals surface area contributed by atoms with Crippen LogP contribution in [0.15, 0.2) is 24.3 Å². The Morgan fingerprint density at radius 3 is 2.68 bits per heavy atom. The number of hydrogen-bond donors (Lipinski definition) is 1. The number of carbonyl (C=O) groups is 1. The fourth-order valence-electron chi connectivity index (χ4n) is 3.55. The maximum absolute atomic E-state index is 12.4. The van der Waals surface area contributed by atoms with E-state index < -0.39 is 0 Å². The maximum atomic E-state index is 12.4. The van der Waals surface area contributed by atoms with Crippen molar-refractivity contribution in [2.45, 2.75) is 44.6 Å². The number of nitrogens with zero attached hydrogens (tertiary/aromatic N) is 1. The van der Waals surface area contributed by atoms with Gasteiger partial charge in [-0.1, -0.05) is 19.1 Å². The molecule has 1 aromatic carbocycles. The summed E-state index contributed by atoms with van der Waals surface area (Å²) in [7, 11) is 0. The Morgan fingerprint density at radius 2 is 2.11 bits per heavy atom. The van der Waals surface area contributed by atoms with E-state index in [1.807, 2.05) is 24.3 Å². The van der Waals surface area contributed by atoms with E-state index in [4.69, 9.17) is 5.73 Å². The first-order valence-corrected chi connectivity index (χ1v) is 7.28. The van der Waals surface area contributed by atoms with Gasteiger partial charge in [-0.05, 0) is 48.8 Å². The van der Waals surface area contributed by atoms with E-state index in [0.29, 0.717) is 18.4 Å². The highest BCUT2D eigenvalue weighted by Gasteiger charge is 2.40. The molecule has 19 heavy (non-hydrogen) atoms. The summed E-state index contributed by atoms with van der Waals surface area (Å²) in [6.45, 7) is 3.12. The van der Waals surface area contributed by atoms with Gasteiger partial charge < -0.3 is 10.6 Å². The lowest BCUT2D eigenvalue weighted by Gasteiger charge is -2.28. The second-order valence-electron chi connectivity index (χ2n) is 6.15. The molecule has 1 amide bonds. The summed E-state index contributed by atoms with van der Waals surface area (Å²) in [6, 6.07) is 8.42. The third kappa shape index (κ3) is 2.46. The van der Waals surface area contributed by atoms with Crippen molar-refractivity contribution in [2.24, 2.45) is 5.92 Å². The molecular weight excluding hydrogens is 236 g/mol. The molecule has 2 bridgehead atoms. The number of likely N-dealkylation sites (tertiary alicyclic amines) is 1. The Bertz CT molecular complexity index is 468. The number of carbonyl (C=O) groups excluding carboxylic acids is 1. The normalized spacial score (nSPS) is 26.7. The summed E-state index contributed by atoms with van der Waals surface area (Å²) in [5.74, 6) is 1.38. The molecule has 2 fully saturated rings. The van der Waals surface area contributed by atoms with Crippen molar-refractivity contribution < 1.29 is 4.79 Å². The van der Waals surface area contributed by atoms with Crippen LogP contribution in [-0.2, 0) is 4.79 Å². The average Bonchev–Trinajstić information content (AvgIpc) is 3.01. The van der Waals surface area contributed by atoms with Gasteiger partial charge in [0.2, 0.25) is 5.91 Å². The van der Waals surface area contributed by atoms with Crippen LogP contribution in [0.2, 0.25) is 0 Å². The molecule has 3 atom stereocenters. The fourth-order valence-corrected chi connectivity index (χ4v) is 3.55. The molecular formula is C16H22N2O. The van der Waals surface area contributed by atoms with Gasteiger partial charge in [0.05, 0.1) is 0 Å². The van der Waals surface area contributed by atoms with Crippen LogP contribution in [0.1, 0.15) is 44.1 Å². The van der Waals surface area contributed by atoms with Crippen molar-refractivity contribution >= 4 is 11.6 Å². The van der Waals surface area contributed by atoms with Crippen LogP contribution in [0.4, 0.5) is 5.69 Å². The predicted molar refractivity (Wildman–Crippen MR) is 76.7 cm³/mol. The van der Waals surface area contributed by atoms with Gasteiger partial charge in [-0.25, -0.2) is 0 Å². The predicted octanol–water partition coefficient (Wildman–Crippen LogP) is 2.77. The largest absolute Gasteiger partial charge is 0.399 e. The number of nitrogens with two attached hydrogens (primary N) is 1. The van der Waals surface area contributed by atoms with Gasteiger partial charge in [-0.3, -0.25) is 4.79 Å². The molecule has 102 valence electrons. The first kappa shape index (κ1) is 12.5. The van der Waals surface area contributed by atoms with Crippen LogP contribution in [0.5, 0.6) is 0 Å². The number of benzene rings is 1. The molecule has 1 aliphatic carbocycles. The zero-order valence-corrected chi connectivity index (χ0v) is 11.5. The highest BCUT2D eigenvalue weighted by molar-refractivity contribution is 5.78. The third-order valence-corrected chi connectivity index (χ3v) is 4.72. The van der Waals surface area contributed by atoms with Crippen molar-refractivity contribution in [3.05, 3.63) is 29.8 Å². The summed E-state index contributed by atoms with van der Waals surface area (Å²) in [6.07, 6.45) is 4.39. The summed E-state index contributed by atoms with van der Waals surface area (Å²) in [5, 5.41) is 0. The third-order valence-electron chi connectivity index (χ3n) is 4.72. The van der Waals surface area contributed by atoms with Gasteiger partial charge in [0.25, 0.3) is 0 Å². The van der Waals surface area contributed by atoms with E-state index in [-0.39, 0.29) is 5.92 Å². The second kappa shape index (κ2) is 4.87. The topological polar surface area (TPSA) is 46.3 Å². The number of nitrogen functional groups attached to an aromatic ring is 1. The Labute approximate surface area is 114 Å². The van der Waals surface area contributed by atoms with E-state index in [1.54, 1.807) is 0 Å². The van der Waals surface area contributed by atoms with Crippen LogP contribution in [0, 0.1) is 5.92 Å². The fraction of sp³-hybridized carbons (Fsp3) is 0.562. The lowest BCUT2D eigenvalue weighted by molar-refractivity contribution is -0.133. The molecule has 1 saturated heterocycles. The first-order chi connectivity index (χ1) is 9.13. The molecule has 2 aliphatic rings. The van der Waals surface area contributed by atoms with E-state index in [0.717, 1.165) is 18.2 Å². The monoisotopic (exact) mass is 258 g/mol. The lowest BCUT2D eigenvalue weighted by atomic mass is 9.96. The number of amides is 1. The first-order valence-electron chi connectivity index (χ1n) is 7.28. The second-order valence-corrected chi connectivity index (χ2v) is 6.15. The Morgan fingerprint density at radius 1 is 1.37 bits per heavy atom. The van der Waals surface area contributed by atoms with Crippen molar-refractivity contribution in [2.75, 3.05) is 12.3 Å². The van der Waals surface area contributed by atoms with Crippen molar-refractivity contribution in [3.63, 3.8) is 0 Å². The summed E-state index contributed by atoms with van der Waals surface area (Å²) < 4.78 is 0. The van der Waals surface area contributed by atoms with Crippen LogP contribution in [0.3, 0.4) is 0 Å². The van der Waals surface area contributed by atoms with Crippen LogP contribution in [-0.4, -0.2) is 23.4 Å². The van der Waals surface area contributed by atoms with Crippen LogP contribution < -0.4 is 5.73 Å². The summed E-state index contributed by atoms with van der Waals surface area (Å²) in [5.41, 5.74) is 7.67. The molecule has 1 aliphatic heterocycles. The Kier molecular flexibility index (Phi) is 3.21. The van der Waals surface area contributed by atoms with Crippen molar-refractivity contribution in [1.82, 2.24) is 4.90 Å². The zero-order valence-electron chi connectivity index (χ0n) is 11.5. The van der Waals surface area contributed by atoms with E-state index in [1.165, 1.54) is 24.8 Å². The van der Waals surface area contributed by atoms with E-state index in [9.17, 15) is 4.79 Å². The highest BCUT2D eigenvalue weighted by Crippen LogP contribution is 2.38. The number of rotatable bonds is 3. The van der Waals surface area contributed by atoms with Gasteiger partial charge in [-0.2, -0.15) is 0 Å².